The van der Waals surface area contributed by atoms with Crippen molar-refractivity contribution in [1.82, 2.24) is 15.0 Å². The van der Waals surface area contributed by atoms with Crippen molar-refractivity contribution in [3.63, 3.8) is 0 Å². The minimum Gasteiger partial charge on any atom is -0.327 e. The molecule has 0 radical (unpaired) electrons. The molecule has 1 fully saturated rings. The SMILES string of the molecule is Cn1cc(CC2CCCCC2N)nn1. The van der Waals surface area contributed by atoms with Crippen LogP contribution in [0, 0.1) is 5.92 Å². The van der Waals surface area contributed by atoms with Crippen molar-refractivity contribution >= 4 is 0 Å². The maximum Gasteiger partial charge on any atom is 0.0830 e. The van der Waals surface area contributed by atoms with Gasteiger partial charge in [-0.1, -0.05) is 18.1 Å². The van der Waals surface area contributed by atoms with E-state index in [1.54, 1.807) is 4.68 Å². The topological polar surface area (TPSA) is 56.7 Å². The van der Waals surface area contributed by atoms with E-state index in [0.717, 1.165) is 12.1 Å². The van der Waals surface area contributed by atoms with Crippen LogP contribution < -0.4 is 5.73 Å². The molecule has 0 spiro atoms. The summed E-state index contributed by atoms with van der Waals surface area (Å²) >= 11 is 0. The van der Waals surface area contributed by atoms with Gasteiger partial charge < -0.3 is 5.73 Å². The van der Waals surface area contributed by atoms with E-state index in [2.05, 4.69) is 10.3 Å². The summed E-state index contributed by atoms with van der Waals surface area (Å²) in [5, 5.41) is 8.03. The average molecular weight is 194 g/mol. The van der Waals surface area contributed by atoms with Gasteiger partial charge in [-0.25, -0.2) is 0 Å². The summed E-state index contributed by atoms with van der Waals surface area (Å²) in [5.74, 6) is 0.612. The maximum atomic E-state index is 6.08. The van der Waals surface area contributed by atoms with E-state index in [-0.39, 0.29) is 0 Å². The molecule has 14 heavy (non-hydrogen) atoms. The van der Waals surface area contributed by atoms with Gasteiger partial charge in [0.25, 0.3) is 0 Å². The van der Waals surface area contributed by atoms with E-state index < -0.39 is 0 Å². The highest BCUT2D eigenvalue weighted by molar-refractivity contribution is 4.96. The van der Waals surface area contributed by atoms with Gasteiger partial charge in [-0.15, -0.1) is 5.10 Å². The van der Waals surface area contributed by atoms with E-state index in [1.165, 1.54) is 25.7 Å². The Hall–Kier alpha value is -0.900. The Bertz CT molecular complexity index is 294. The second kappa shape index (κ2) is 4.09. The molecule has 1 heterocycles. The molecule has 1 aromatic heterocycles. The standard InChI is InChI=1S/C10H18N4/c1-14-7-9(12-13-14)6-8-4-2-3-5-10(8)11/h7-8,10H,2-6,11H2,1H3. The smallest absolute Gasteiger partial charge is 0.0830 e. The third kappa shape index (κ3) is 2.12. The van der Waals surface area contributed by atoms with Gasteiger partial charge in [-0.05, 0) is 25.2 Å². The van der Waals surface area contributed by atoms with Crippen molar-refractivity contribution in [3.8, 4) is 0 Å². The highest BCUT2D eigenvalue weighted by Crippen LogP contribution is 2.25. The second-order valence-electron chi connectivity index (χ2n) is 4.30. The highest BCUT2D eigenvalue weighted by atomic mass is 15.4. The molecule has 2 atom stereocenters. The van der Waals surface area contributed by atoms with Gasteiger partial charge in [-0.2, -0.15) is 0 Å². The molecule has 0 amide bonds. The number of aromatic nitrogens is 3. The molecule has 1 aliphatic rings. The maximum absolute atomic E-state index is 6.08. The van der Waals surface area contributed by atoms with E-state index in [9.17, 15) is 0 Å². The van der Waals surface area contributed by atoms with Crippen LogP contribution in [0.1, 0.15) is 31.4 Å². The Balaban J connectivity index is 1.95. The molecule has 2 unspecified atom stereocenters. The van der Waals surface area contributed by atoms with Gasteiger partial charge in [0.1, 0.15) is 0 Å². The monoisotopic (exact) mass is 194 g/mol. The number of nitrogens with zero attached hydrogens (tertiary/aromatic N) is 3. The largest absolute Gasteiger partial charge is 0.327 e. The number of aryl methyl sites for hydroxylation is 1. The summed E-state index contributed by atoms with van der Waals surface area (Å²) in [5.41, 5.74) is 7.16. The minimum atomic E-state index is 0.366. The highest BCUT2D eigenvalue weighted by Gasteiger charge is 2.22. The Morgan fingerprint density at radius 3 is 2.93 bits per heavy atom. The fourth-order valence-corrected chi connectivity index (χ4v) is 2.25. The fourth-order valence-electron chi connectivity index (χ4n) is 2.25. The van der Waals surface area contributed by atoms with Crippen molar-refractivity contribution in [2.75, 3.05) is 0 Å². The third-order valence-corrected chi connectivity index (χ3v) is 3.09. The predicted octanol–water partition coefficient (Wildman–Crippen LogP) is 0.875. The van der Waals surface area contributed by atoms with E-state index in [1.807, 2.05) is 13.2 Å². The molecule has 2 rings (SSSR count). The van der Waals surface area contributed by atoms with Gasteiger partial charge in [0.2, 0.25) is 0 Å². The zero-order valence-corrected chi connectivity index (χ0v) is 8.69. The zero-order chi connectivity index (χ0) is 9.97. The molecule has 1 saturated carbocycles. The molecular formula is C10H18N4. The normalized spacial score (nSPS) is 27.9. The first kappa shape index (κ1) is 9.65. The molecule has 4 heteroatoms. The van der Waals surface area contributed by atoms with Crippen LogP contribution in [0.2, 0.25) is 0 Å². The molecule has 1 aliphatic carbocycles. The van der Waals surface area contributed by atoms with E-state index in [0.29, 0.717) is 12.0 Å². The Kier molecular flexibility index (Phi) is 2.82. The number of hydrogen-bond donors (Lipinski definition) is 1. The van der Waals surface area contributed by atoms with Crippen molar-refractivity contribution in [2.45, 2.75) is 38.1 Å². The van der Waals surface area contributed by atoms with Crippen LogP contribution in [0.25, 0.3) is 0 Å². The predicted molar refractivity (Wildman–Crippen MR) is 54.6 cm³/mol. The summed E-state index contributed by atoms with van der Waals surface area (Å²) in [7, 11) is 1.90. The summed E-state index contributed by atoms with van der Waals surface area (Å²) in [4.78, 5) is 0. The van der Waals surface area contributed by atoms with Crippen molar-refractivity contribution in [2.24, 2.45) is 18.7 Å². The van der Waals surface area contributed by atoms with Crippen LogP contribution in [0.15, 0.2) is 6.20 Å². The summed E-state index contributed by atoms with van der Waals surface area (Å²) in [6.07, 6.45) is 8.01. The Morgan fingerprint density at radius 2 is 2.29 bits per heavy atom. The van der Waals surface area contributed by atoms with E-state index in [4.69, 9.17) is 5.73 Å². The number of hydrogen-bond acceptors (Lipinski definition) is 3. The molecule has 0 bridgehead atoms. The van der Waals surface area contributed by atoms with Crippen LogP contribution in [0.3, 0.4) is 0 Å². The Morgan fingerprint density at radius 1 is 1.50 bits per heavy atom. The Labute approximate surface area is 84.5 Å². The third-order valence-electron chi connectivity index (χ3n) is 3.09. The van der Waals surface area contributed by atoms with Gasteiger partial charge in [0.05, 0.1) is 5.69 Å². The lowest BCUT2D eigenvalue weighted by molar-refractivity contribution is 0.304. The van der Waals surface area contributed by atoms with Crippen LogP contribution in [0.5, 0.6) is 0 Å². The molecule has 0 aromatic carbocycles. The van der Waals surface area contributed by atoms with Crippen LogP contribution in [0.4, 0.5) is 0 Å². The molecule has 1 aromatic rings. The quantitative estimate of drug-likeness (QED) is 0.760. The summed E-state index contributed by atoms with van der Waals surface area (Å²) < 4.78 is 1.75. The number of rotatable bonds is 2. The molecule has 2 N–H and O–H groups in total. The lowest BCUT2D eigenvalue weighted by Crippen LogP contribution is -2.34. The van der Waals surface area contributed by atoms with Crippen LogP contribution >= 0.6 is 0 Å². The summed E-state index contributed by atoms with van der Waals surface area (Å²) in [6.45, 7) is 0. The lowest BCUT2D eigenvalue weighted by atomic mass is 9.82. The van der Waals surface area contributed by atoms with Crippen LogP contribution in [-0.2, 0) is 13.5 Å². The zero-order valence-electron chi connectivity index (χ0n) is 8.69. The first-order valence-electron chi connectivity index (χ1n) is 5.36. The first-order valence-corrected chi connectivity index (χ1v) is 5.36. The van der Waals surface area contributed by atoms with Crippen molar-refractivity contribution < 1.29 is 0 Å². The van der Waals surface area contributed by atoms with E-state index >= 15 is 0 Å². The van der Waals surface area contributed by atoms with Gasteiger partial charge in [0, 0.05) is 19.3 Å². The molecule has 4 nitrogen and oxygen atoms in total. The van der Waals surface area contributed by atoms with Crippen LogP contribution in [-0.4, -0.2) is 21.0 Å². The second-order valence-corrected chi connectivity index (χ2v) is 4.30. The van der Waals surface area contributed by atoms with Crippen molar-refractivity contribution in [1.29, 1.82) is 0 Å². The molecular weight excluding hydrogens is 176 g/mol. The van der Waals surface area contributed by atoms with Gasteiger partial charge in [0.15, 0.2) is 0 Å². The lowest BCUT2D eigenvalue weighted by Gasteiger charge is -2.27. The van der Waals surface area contributed by atoms with Gasteiger partial charge >= 0.3 is 0 Å². The molecule has 78 valence electrons. The van der Waals surface area contributed by atoms with Crippen molar-refractivity contribution in [3.05, 3.63) is 11.9 Å². The molecule has 0 saturated heterocycles. The fraction of sp³-hybridized carbons (Fsp3) is 0.800. The molecule has 0 aliphatic heterocycles. The van der Waals surface area contributed by atoms with Gasteiger partial charge in [-0.3, -0.25) is 4.68 Å². The minimum absolute atomic E-state index is 0.366. The number of nitrogens with two attached hydrogens (primary N) is 1. The summed E-state index contributed by atoms with van der Waals surface area (Å²) in [6, 6.07) is 0.366. The average Bonchev–Trinajstić information content (AvgIpc) is 2.56. The first-order chi connectivity index (χ1) is 6.75.